The predicted octanol–water partition coefficient (Wildman–Crippen LogP) is 2.41. The molecular weight excluding hydrogens is 333 g/mol. The molecule has 0 aliphatic heterocycles. The molecule has 1 atom stereocenters. The molecule has 0 saturated carbocycles. The highest BCUT2D eigenvalue weighted by molar-refractivity contribution is 7.89. The fourth-order valence-corrected chi connectivity index (χ4v) is 3.28. The molecule has 0 spiro atoms. The van der Waals surface area contributed by atoms with Crippen LogP contribution in [0.4, 0.5) is 4.39 Å². The van der Waals surface area contributed by atoms with Crippen molar-refractivity contribution in [2.24, 2.45) is 0 Å². The van der Waals surface area contributed by atoms with Crippen LogP contribution in [0.25, 0.3) is 0 Å². The van der Waals surface area contributed by atoms with Crippen LogP contribution in [0.2, 0.25) is 0 Å². The Morgan fingerprint density at radius 3 is 2.46 bits per heavy atom. The molecule has 0 fully saturated rings. The summed E-state index contributed by atoms with van der Waals surface area (Å²) in [6, 6.07) is 12.1. The molecule has 0 aliphatic rings. The summed E-state index contributed by atoms with van der Waals surface area (Å²) in [4.78, 5) is -0.229. The van der Waals surface area contributed by atoms with Crippen molar-refractivity contribution < 1.29 is 22.7 Å². The first-order valence-corrected chi connectivity index (χ1v) is 8.94. The largest absolute Gasteiger partial charge is 0.491 e. The molecule has 24 heavy (non-hydrogen) atoms. The van der Waals surface area contributed by atoms with Crippen molar-refractivity contribution in [2.75, 3.05) is 13.2 Å². The number of ether oxygens (including phenoxy) is 1. The van der Waals surface area contributed by atoms with Crippen LogP contribution in [0.5, 0.6) is 5.75 Å². The summed E-state index contributed by atoms with van der Waals surface area (Å²) in [5.41, 5.74) is -0.816. The molecule has 5 nitrogen and oxygen atoms in total. The van der Waals surface area contributed by atoms with Gasteiger partial charge in [0.2, 0.25) is 10.0 Å². The fourth-order valence-electron chi connectivity index (χ4n) is 2.14. The molecule has 0 saturated heterocycles. The molecule has 7 heteroatoms. The first kappa shape index (κ1) is 18.4. The maximum Gasteiger partial charge on any atom is 0.240 e. The minimum atomic E-state index is -3.96. The van der Waals surface area contributed by atoms with E-state index in [2.05, 4.69) is 4.72 Å². The maximum atomic E-state index is 13.8. The van der Waals surface area contributed by atoms with Gasteiger partial charge >= 0.3 is 0 Å². The van der Waals surface area contributed by atoms with Gasteiger partial charge in [-0.2, -0.15) is 0 Å². The van der Waals surface area contributed by atoms with Gasteiger partial charge in [-0.3, -0.25) is 0 Å². The highest BCUT2D eigenvalue weighted by atomic mass is 32.2. The van der Waals surface area contributed by atoms with Gasteiger partial charge in [0.05, 0.1) is 11.5 Å². The van der Waals surface area contributed by atoms with Gasteiger partial charge in [-0.05, 0) is 37.6 Å². The Labute approximate surface area is 141 Å². The molecule has 0 aromatic heterocycles. The standard InChI is InChI=1S/C17H20FNO4S/c1-3-23-16-10-9-14(11-15(16)18)24(21,22)19-12-17(2,20)13-7-5-4-6-8-13/h4-11,19-20H,3,12H2,1-2H3/t17-/m1/s1. The number of rotatable bonds is 7. The third kappa shape index (κ3) is 4.31. The zero-order chi connectivity index (χ0) is 17.8. The lowest BCUT2D eigenvalue weighted by molar-refractivity contribution is 0.0627. The zero-order valence-corrected chi connectivity index (χ0v) is 14.3. The van der Waals surface area contributed by atoms with E-state index < -0.39 is 21.4 Å². The summed E-state index contributed by atoms with van der Waals surface area (Å²) in [6.45, 7) is 3.25. The van der Waals surface area contributed by atoms with Crippen LogP contribution in [-0.4, -0.2) is 26.7 Å². The Morgan fingerprint density at radius 2 is 1.88 bits per heavy atom. The zero-order valence-electron chi connectivity index (χ0n) is 13.5. The molecule has 0 unspecified atom stereocenters. The monoisotopic (exact) mass is 353 g/mol. The summed E-state index contributed by atoms with van der Waals surface area (Å²) >= 11 is 0. The number of hydrogen-bond acceptors (Lipinski definition) is 4. The van der Waals surface area contributed by atoms with Gasteiger partial charge in [0.15, 0.2) is 11.6 Å². The maximum absolute atomic E-state index is 13.8. The summed E-state index contributed by atoms with van der Waals surface area (Å²) in [5.74, 6) is -0.762. The molecule has 0 radical (unpaired) electrons. The van der Waals surface area contributed by atoms with E-state index in [1.165, 1.54) is 19.1 Å². The van der Waals surface area contributed by atoms with Gasteiger partial charge in [-0.1, -0.05) is 30.3 Å². The van der Waals surface area contributed by atoms with E-state index in [4.69, 9.17) is 4.74 Å². The Bertz CT molecular complexity index is 791. The van der Waals surface area contributed by atoms with E-state index >= 15 is 0 Å². The number of hydrogen-bond donors (Lipinski definition) is 2. The van der Waals surface area contributed by atoms with Gasteiger partial charge in [-0.25, -0.2) is 17.5 Å². The topological polar surface area (TPSA) is 75.6 Å². The average Bonchev–Trinajstić information content (AvgIpc) is 2.56. The van der Waals surface area contributed by atoms with Gasteiger partial charge in [-0.15, -0.1) is 0 Å². The first-order chi connectivity index (χ1) is 11.3. The minimum absolute atomic E-state index is 0.00673. The average molecular weight is 353 g/mol. The van der Waals surface area contributed by atoms with E-state index in [-0.39, 0.29) is 23.8 Å². The Hall–Kier alpha value is -1.96. The van der Waals surface area contributed by atoms with E-state index in [1.807, 2.05) is 0 Å². The van der Waals surface area contributed by atoms with Gasteiger partial charge in [0.1, 0.15) is 5.60 Å². The minimum Gasteiger partial charge on any atom is -0.491 e. The van der Waals surface area contributed by atoms with E-state index in [9.17, 15) is 17.9 Å². The van der Waals surface area contributed by atoms with Crippen molar-refractivity contribution in [3.8, 4) is 5.75 Å². The molecule has 130 valence electrons. The molecular formula is C17H20FNO4S. The Morgan fingerprint density at radius 1 is 1.21 bits per heavy atom. The van der Waals surface area contributed by atoms with Crippen molar-refractivity contribution >= 4 is 10.0 Å². The number of aliphatic hydroxyl groups is 1. The lowest BCUT2D eigenvalue weighted by Crippen LogP contribution is -2.38. The fraction of sp³-hybridized carbons (Fsp3) is 0.294. The molecule has 2 aromatic carbocycles. The molecule has 2 rings (SSSR count). The number of nitrogens with one attached hydrogen (secondary N) is 1. The smallest absolute Gasteiger partial charge is 0.240 e. The van der Waals surface area contributed by atoms with Crippen molar-refractivity contribution in [3.05, 3.63) is 59.9 Å². The van der Waals surface area contributed by atoms with Crippen LogP contribution < -0.4 is 9.46 Å². The summed E-state index contributed by atoms with van der Waals surface area (Å²) in [6.07, 6.45) is 0. The van der Waals surface area contributed by atoms with Crippen LogP contribution >= 0.6 is 0 Å². The highest BCUT2D eigenvalue weighted by Crippen LogP contribution is 2.23. The van der Waals surface area contributed by atoms with Crippen LogP contribution in [0.3, 0.4) is 0 Å². The molecule has 2 N–H and O–H groups in total. The number of halogens is 1. The van der Waals surface area contributed by atoms with E-state index in [0.29, 0.717) is 5.56 Å². The van der Waals surface area contributed by atoms with Crippen LogP contribution in [0.1, 0.15) is 19.4 Å². The molecule has 0 heterocycles. The second kappa shape index (κ2) is 7.29. The van der Waals surface area contributed by atoms with E-state index in [0.717, 1.165) is 6.07 Å². The van der Waals surface area contributed by atoms with E-state index in [1.54, 1.807) is 37.3 Å². The quantitative estimate of drug-likeness (QED) is 0.801. The van der Waals surface area contributed by atoms with Gasteiger partial charge in [0.25, 0.3) is 0 Å². The lowest BCUT2D eigenvalue weighted by Gasteiger charge is -2.24. The van der Waals surface area contributed by atoms with Crippen LogP contribution in [-0.2, 0) is 15.6 Å². The van der Waals surface area contributed by atoms with Gasteiger partial charge in [0, 0.05) is 6.54 Å². The third-order valence-corrected chi connectivity index (χ3v) is 4.91. The van der Waals surface area contributed by atoms with Crippen molar-refractivity contribution in [1.82, 2.24) is 4.72 Å². The summed E-state index contributed by atoms with van der Waals surface area (Å²) in [7, 11) is -3.96. The molecule has 0 amide bonds. The van der Waals surface area contributed by atoms with Crippen molar-refractivity contribution in [3.63, 3.8) is 0 Å². The normalized spacial score (nSPS) is 14.2. The first-order valence-electron chi connectivity index (χ1n) is 7.46. The van der Waals surface area contributed by atoms with Gasteiger partial charge < -0.3 is 9.84 Å². The van der Waals surface area contributed by atoms with Crippen LogP contribution in [0.15, 0.2) is 53.4 Å². The second-order valence-electron chi connectivity index (χ2n) is 5.49. The molecule has 0 aliphatic carbocycles. The number of benzene rings is 2. The summed E-state index contributed by atoms with van der Waals surface area (Å²) < 4.78 is 45.8. The van der Waals surface area contributed by atoms with Crippen LogP contribution in [0, 0.1) is 5.82 Å². The van der Waals surface area contributed by atoms with Crippen molar-refractivity contribution in [2.45, 2.75) is 24.3 Å². The second-order valence-corrected chi connectivity index (χ2v) is 7.26. The SMILES string of the molecule is CCOc1ccc(S(=O)(=O)NC[C@@](C)(O)c2ccccc2)cc1F. The predicted molar refractivity (Wildman–Crippen MR) is 88.8 cm³/mol. The summed E-state index contributed by atoms with van der Waals surface area (Å²) in [5, 5.41) is 10.4. The Balaban J connectivity index is 2.15. The third-order valence-electron chi connectivity index (χ3n) is 3.52. The molecule has 0 bridgehead atoms. The lowest BCUT2D eigenvalue weighted by atomic mass is 9.97. The number of sulfonamides is 1. The highest BCUT2D eigenvalue weighted by Gasteiger charge is 2.26. The van der Waals surface area contributed by atoms with Crippen molar-refractivity contribution in [1.29, 1.82) is 0 Å². The molecule has 2 aromatic rings. The Kier molecular flexibility index (Phi) is 5.58.